The lowest BCUT2D eigenvalue weighted by Gasteiger charge is -2.49. The molecule has 2 aromatic rings. The number of nitrogens with zero attached hydrogens (tertiary/aromatic N) is 4. The first kappa shape index (κ1) is 16.9. The molecule has 0 aromatic carbocycles. The number of rotatable bonds is 4. The number of amides is 1. The number of pyridine rings is 1. The van der Waals surface area contributed by atoms with E-state index in [1.54, 1.807) is 41.7 Å². The highest BCUT2D eigenvalue weighted by molar-refractivity contribution is 7.93. The largest absolute Gasteiger partial charge is 0.463 e. The molecule has 0 radical (unpaired) electrons. The summed E-state index contributed by atoms with van der Waals surface area (Å²) in [5.41, 5.74) is 0.461. The maximum atomic E-state index is 12.7. The predicted molar refractivity (Wildman–Crippen MR) is 92.3 cm³/mol. The van der Waals surface area contributed by atoms with Crippen LogP contribution in [0.2, 0.25) is 0 Å². The molecule has 136 valence electrons. The highest BCUT2D eigenvalue weighted by Gasteiger charge is 2.62. The maximum Gasteiger partial charge on any atom is 0.316 e. The molecule has 4 heterocycles. The van der Waals surface area contributed by atoms with Crippen LogP contribution in [0.5, 0.6) is 6.01 Å². The van der Waals surface area contributed by atoms with E-state index in [0.717, 1.165) is 0 Å². The van der Waals surface area contributed by atoms with E-state index in [2.05, 4.69) is 15.0 Å². The highest BCUT2D eigenvalue weighted by Crippen LogP contribution is 2.45. The van der Waals surface area contributed by atoms with Gasteiger partial charge in [0, 0.05) is 43.8 Å². The Morgan fingerprint density at radius 1 is 1.23 bits per heavy atom. The molecule has 2 aliphatic heterocycles. The molecule has 0 unspecified atom stereocenters. The summed E-state index contributed by atoms with van der Waals surface area (Å²) in [6, 6.07) is 5.28. The van der Waals surface area contributed by atoms with Crippen molar-refractivity contribution >= 4 is 15.7 Å². The van der Waals surface area contributed by atoms with E-state index in [0.29, 0.717) is 12.0 Å². The third kappa shape index (κ3) is 2.72. The monoisotopic (exact) mass is 374 g/mol. The van der Waals surface area contributed by atoms with Crippen molar-refractivity contribution in [3.8, 4) is 6.01 Å². The van der Waals surface area contributed by atoms with Crippen LogP contribution in [-0.2, 0) is 9.84 Å². The first-order chi connectivity index (χ1) is 12.5. The molecular formula is C17H18N4O4S. The van der Waals surface area contributed by atoms with E-state index in [1.165, 1.54) is 6.20 Å². The van der Waals surface area contributed by atoms with Gasteiger partial charge in [0.2, 0.25) is 0 Å². The van der Waals surface area contributed by atoms with Crippen LogP contribution in [0.4, 0.5) is 0 Å². The van der Waals surface area contributed by atoms with Crippen LogP contribution < -0.4 is 4.74 Å². The Kier molecular flexibility index (Phi) is 4.10. The van der Waals surface area contributed by atoms with Gasteiger partial charge in [-0.05, 0) is 24.6 Å². The first-order valence-electron chi connectivity index (χ1n) is 8.33. The molecule has 26 heavy (non-hydrogen) atoms. The summed E-state index contributed by atoms with van der Waals surface area (Å²) in [6.45, 7) is 0.595. The Balaban J connectivity index is 1.47. The molecule has 0 bridgehead atoms. The Bertz CT molecular complexity index is 899. The van der Waals surface area contributed by atoms with Crippen molar-refractivity contribution in [2.75, 3.05) is 25.4 Å². The number of sulfone groups is 1. The summed E-state index contributed by atoms with van der Waals surface area (Å²) >= 11 is 0. The molecule has 2 aliphatic rings. The molecule has 0 saturated carbocycles. The van der Waals surface area contributed by atoms with Crippen LogP contribution in [0, 0.1) is 5.92 Å². The number of likely N-dealkylation sites (tertiary alicyclic amines) is 1. The van der Waals surface area contributed by atoms with Crippen molar-refractivity contribution in [3.05, 3.63) is 48.5 Å². The average Bonchev–Trinajstić information content (AvgIpc) is 2.90. The van der Waals surface area contributed by atoms with E-state index in [-0.39, 0.29) is 43.3 Å². The zero-order valence-electron chi connectivity index (χ0n) is 14.0. The minimum Gasteiger partial charge on any atom is -0.463 e. The van der Waals surface area contributed by atoms with Crippen LogP contribution in [0.3, 0.4) is 0 Å². The lowest BCUT2D eigenvalue weighted by molar-refractivity contribution is 0.0403. The third-order valence-electron chi connectivity index (χ3n) is 5.17. The molecule has 0 aliphatic carbocycles. The number of hydrogen-bond donors (Lipinski definition) is 0. The predicted octanol–water partition coefficient (Wildman–Crippen LogP) is 0.580. The molecular weight excluding hydrogens is 356 g/mol. The third-order valence-corrected chi connectivity index (χ3v) is 7.77. The van der Waals surface area contributed by atoms with Crippen molar-refractivity contribution in [2.45, 2.75) is 11.2 Å². The maximum absolute atomic E-state index is 12.7. The SMILES string of the molecule is O=C(c1cccnc1)N1CC2(C1)[C@@H](COc1ncccn1)CCS2(=O)=O. The number of aromatic nitrogens is 3. The highest BCUT2D eigenvalue weighted by atomic mass is 32.2. The first-order valence-corrected chi connectivity index (χ1v) is 9.98. The van der Waals surface area contributed by atoms with Crippen LogP contribution in [0.1, 0.15) is 16.8 Å². The van der Waals surface area contributed by atoms with Crippen molar-refractivity contribution in [1.82, 2.24) is 19.9 Å². The molecule has 9 heteroatoms. The Morgan fingerprint density at radius 2 is 2.00 bits per heavy atom. The second kappa shape index (κ2) is 6.31. The molecule has 1 spiro atoms. The minimum absolute atomic E-state index is 0.117. The van der Waals surface area contributed by atoms with Gasteiger partial charge in [-0.2, -0.15) is 0 Å². The molecule has 2 aromatic heterocycles. The van der Waals surface area contributed by atoms with Gasteiger partial charge in [0.15, 0.2) is 9.84 Å². The number of carbonyl (C=O) groups is 1. The zero-order valence-corrected chi connectivity index (χ0v) is 14.8. The van der Waals surface area contributed by atoms with E-state index >= 15 is 0 Å². The van der Waals surface area contributed by atoms with Gasteiger partial charge in [0.05, 0.1) is 17.9 Å². The van der Waals surface area contributed by atoms with Crippen molar-refractivity contribution in [2.24, 2.45) is 5.92 Å². The molecule has 1 amide bonds. The van der Waals surface area contributed by atoms with Crippen LogP contribution in [0.15, 0.2) is 43.0 Å². The fourth-order valence-corrected chi connectivity index (χ4v) is 6.06. The lowest BCUT2D eigenvalue weighted by atomic mass is 9.83. The summed E-state index contributed by atoms with van der Waals surface area (Å²) in [6.07, 6.45) is 6.74. The molecule has 2 saturated heterocycles. The molecule has 1 atom stereocenters. The van der Waals surface area contributed by atoms with E-state index in [9.17, 15) is 13.2 Å². The second-order valence-electron chi connectivity index (χ2n) is 6.61. The van der Waals surface area contributed by atoms with Crippen LogP contribution in [0.25, 0.3) is 0 Å². The number of hydrogen-bond acceptors (Lipinski definition) is 7. The Labute approximate surface area is 151 Å². The van der Waals surface area contributed by atoms with Gasteiger partial charge >= 0.3 is 6.01 Å². The van der Waals surface area contributed by atoms with Crippen molar-refractivity contribution < 1.29 is 17.9 Å². The second-order valence-corrected chi connectivity index (χ2v) is 9.07. The fraction of sp³-hybridized carbons (Fsp3) is 0.412. The van der Waals surface area contributed by atoms with Gasteiger partial charge in [-0.15, -0.1) is 0 Å². The number of ether oxygens (including phenoxy) is 1. The standard InChI is InChI=1S/C17H18N4O4S/c22-15(13-3-1-5-18-9-13)21-11-17(12-21)14(4-8-26(17,23)24)10-25-16-19-6-2-7-20-16/h1-3,5-7,9,14H,4,8,10-12H2/t14-/m1/s1. The lowest BCUT2D eigenvalue weighted by Crippen LogP contribution is -2.68. The molecule has 8 nitrogen and oxygen atoms in total. The Morgan fingerprint density at radius 3 is 2.69 bits per heavy atom. The summed E-state index contributed by atoms with van der Waals surface area (Å²) in [7, 11) is -3.28. The zero-order chi connectivity index (χ0) is 18.2. The molecule has 0 N–H and O–H groups in total. The van der Waals surface area contributed by atoms with Gasteiger partial charge in [-0.25, -0.2) is 18.4 Å². The molecule has 4 rings (SSSR count). The Hall–Kier alpha value is -2.55. The smallest absolute Gasteiger partial charge is 0.316 e. The van der Waals surface area contributed by atoms with Crippen LogP contribution in [-0.4, -0.2) is 64.4 Å². The van der Waals surface area contributed by atoms with Crippen LogP contribution >= 0.6 is 0 Å². The normalized spacial score (nSPS) is 22.8. The topological polar surface area (TPSA) is 102 Å². The van der Waals surface area contributed by atoms with Gasteiger partial charge in [0.1, 0.15) is 4.75 Å². The van der Waals surface area contributed by atoms with E-state index < -0.39 is 14.6 Å². The fourth-order valence-electron chi connectivity index (χ4n) is 3.66. The van der Waals surface area contributed by atoms with Gasteiger partial charge in [0.25, 0.3) is 5.91 Å². The van der Waals surface area contributed by atoms with E-state index in [4.69, 9.17) is 4.74 Å². The summed E-state index contributed by atoms with van der Waals surface area (Å²) in [5, 5.41) is 0. The van der Waals surface area contributed by atoms with E-state index in [1.807, 2.05) is 0 Å². The van der Waals surface area contributed by atoms with Gasteiger partial charge < -0.3 is 9.64 Å². The number of carbonyl (C=O) groups excluding carboxylic acids is 1. The van der Waals surface area contributed by atoms with Crippen molar-refractivity contribution in [3.63, 3.8) is 0 Å². The summed E-state index contributed by atoms with van der Waals surface area (Å²) in [4.78, 5) is 26.0. The average molecular weight is 374 g/mol. The van der Waals surface area contributed by atoms with Crippen molar-refractivity contribution in [1.29, 1.82) is 0 Å². The summed E-state index contributed by atoms with van der Waals surface area (Å²) < 4.78 is 30.0. The minimum atomic E-state index is -3.28. The van der Waals surface area contributed by atoms with Gasteiger partial charge in [-0.3, -0.25) is 9.78 Å². The quantitative estimate of drug-likeness (QED) is 0.771. The van der Waals surface area contributed by atoms with Gasteiger partial charge in [-0.1, -0.05) is 0 Å². The summed E-state index contributed by atoms with van der Waals surface area (Å²) in [5.74, 6) is -0.267. The molecule has 2 fully saturated rings.